The molecule has 1 N–H and O–H groups in total. The molecule has 1 aliphatic heterocycles. The van der Waals surface area contributed by atoms with Gasteiger partial charge in [-0.05, 0) is 29.3 Å². The summed E-state index contributed by atoms with van der Waals surface area (Å²) in [7, 11) is 0. The molecule has 0 saturated carbocycles. The van der Waals surface area contributed by atoms with Crippen LogP contribution in [0.4, 0.5) is 4.79 Å². The van der Waals surface area contributed by atoms with Gasteiger partial charge in [0.15, 0.2) is 0 Å². The molecule has 6 heteroatoms. The zero-order valence-electron chi connectivity index (χ0n) is 16.7. The Morgan fingerprint density at radius 2 is 1.73 bits per heavy atom. The predicted molar refractivity (Wildman–Crippen MR) is 113 cm³/mol. The quantitative estimate of drug-likeness (QED) is 0.669. The van der Waals surface area contributed by atoms with Crippen molar-refractivity contribution in [2.24, 2.45) is 0 Å². The van der Waals surface area contributed by atoms with Crippen LogP contribution in [0.5, 0.6) is 0 Å². The molecule has 1 aliphatic rings. The van der Waals surface area contributed by atoms with Crippen LogP contribution in [-0.2, 0) is 20.8 Å². The topological polar surface area (TPSA) is 73.9 Å². The fourth-order valence-electron chi connectivity index (χ4n) is 2.93. The lowest BCUT2D eigenvalue weighted by Gasteiger charge is -2.24. The first-order valence-electron chi connectivity index (χ1n) is 9.75. The minimum Gasteiger partial charge on any atom is -0.439 e. The van der Waals surface area contributed by atoms with Crippen LogP contribution in [0.25, 0.3) is 0 Å². The van der Waals surface area contributed by atoms with Gasteiger partial charge in [-0.1, -0.05) is 61.2 Å². The number of alkyl carbamates (subject to hydrolysis) is 1. The summed E-state index contributed by atoms with van der Waals surface area (Å²) in [6.45, 7) is 5.24. The zero-order chi connectivity index (χ0) is 21.2. The summed E-state index contributed by atoms with van der Waals surface area (Å²) in [4.78, 5) is 23.9. The minimum absolute atomic E-state index is 0.147. The highest BCUT2D eigenvalue weighted by molar-refractivity contribution is 6.02. The van der Waals surface area contributed by atoms with Gasteiger partial charge in [-0.2, -0.15) is 0 Å². The van der Waals surface area contributed by atoms with Crippen LogP contribution in [0.3, 0.4) is 0 Å². The first-order valence-corrected chi connectivity index (χ1v) is 9.75. The van der Waals surface area contributed by atoms with Crippen molar-refractivity contribution in [2.45, 2.75) is 25.2 Å². The Morgan fingerprint density at radius 3 is 2.40 bits per heavy atom. The number of hydrogen-bond acceptors (Lipinski definition) is 5. The Balaban J connectivity index is 1.35. The molecule has 0 fully saturated rings. The molecular formula is C24H25NO5. The highest BCUT2D eigenvalue weighted by Gasteiger charge is 2.21. The zero-order valence-corrected chi connectivity index (χ0v) is 16.7. The number of benzene rings is 2. The van der Waals surface area contributed by atoms with Gasteiger partial charge in [0.05, 0.1) is 25.9 Å². The maximum Gasteiger partial charge on any atom is 0.414 e. The lowest BCUT2D eigenvalue weighted by atomic mass is 10.1. The van der Waals surface area contributed by atoms with E-state index in [9.17, 15) is 9.59 Å². The molecule has 156 valence electrons. The smallest absolute Gasteiger partial charge is 0.414 e. The number of rotatable bonds is 8. The van der Waals surface area contributed by atoms with Crippen LogP contribution < -0.4 is 5.32 Å². The van der Waals surface area contributed by atoms with E-state index in [2.05, 4.69) is 11.9 Å². The normalized spacial score (nSPS) is 17.9. The van der Waals surface area contributed by atoms with Crippen LogP contribution >= 0.6 is 0 Å². The molecule has 0 bridgehead atoms. The summed E-state index contributed by atoms with van der Waals surface area (Å²) in [5.41, 5.74) is 2.42. The third-order valence-electron chi connectivity index (χ3n) is 4.43. The number of hydrogen-bond donors (Lipinski definition) is 1. The average Bonchev–Trinajstić information content (AvgIpc) is 2.76. The van der Waals surface area contributed by atoms with E-state index in [1.165, 1.54) is 0 Å². The lowest BCUT2D eigenvalue weighted by Crippen LogP contribution is -2.36. The fraction of sp³-hybridized carbons (Fsp3) is 0.250. The standard InChI is InChI=1S/C24H25NO5/c1-18(15-28-16-19-8-4-2-5-9-19)14-21-12-13-22(17-29-21)30-24(27)25-23(26)20-10-6-3-7-11-20/h2-13,21-22H,1,14-17H2,(H,25,26,27)/t21-,22-/m0/s1. The van der Waals surface area contributed by atoms with E-state index in [-0.39, 0.29) is 12.7 Å². The van der Waals surface area contributed by atoms with E-state index in [0.717, 1.165) is 11.1 Å². The first-order chi connectivity index (χ1) is 14.6. The maximum atomic E-state index is 12.0. The number of imide groups is 1. The summed E-state index contributed by atoms with van der Waals surface area (Å²) >= 11 is 0. The van der Waals surface area contributed by atoms with Gasteiger partial charge in [0.1, 0.15) is 6.10 Å². The second-order valence-corrected chi connectivity index (χ2v) is 6.95. The van der Waals surface area contributed by atoms with Crippen molar-refractivity contribution in [2.75, 3.05) is 13.2 Å². The van der Waals surface area contributed by atoms with E-state index in [1.54, 1.807) is 36.4 Å². The second-order valence-electron chi connectivity index (χ2n) is 6.95. The molecule has 2 aromatic rings. The van der Waals surface area contributed by atoms with Crippen molar-refractivity contribution < 1.29 is 23.8 Å². The Labute approximate surface area is 176 Å². The van der Waals surface area contributed by atoms with Crippen molar-refractivity contribution in [1.82, 2.24) is 5.32 Å². The van der Waals surface area contributed by atoms with Crippen LogP contribution in [0.15, 0.2) is 85.0 Å². The van der Waals surface area contributed by atoms with Crippen molar-refractivity contribution in [3.05, 3.63) is 96.1 Å². The molecule has 2 aromatic carbocycles. The van der Waals surface area contributed by atoms with Gasteiger partial charge in [0.2, 0.25) is 0 Å². The Kier molecular flexibility index (Phi) is 7.94. The second kappa shape index (κ2) is 11.1. The third-order valence-corrected chi connectivity index (χ3v) is 4.43. The van der Waals surface area contributed by atoms with Crippen molar-refractivity contribution in [3.8, 4) is 0 Å². The predicted octanol–water partition coefficient (Wildman–Crippen LogP) is 4.04. The van der Waals surface area contributed by atoms with Crippen LogP contribution in [0, 0.1) is 0 Å². The molecule has 30 heavy (non-hydrogen) atoms. The summed E-state index contributed by atoms with van der Waals surface area (Å²) in [5, 5.41) is 2.20. The number of carbonyl (C=O) groups is 2. The molecule has 2 amide bonds. The van der Waals surface area contributed by atoms with E-state index in [4.69, 9.17) is 14.2 Å². The molecule has 0 radical (unpaired) electrons. The summed E-state index contributed by atoms with van der Waals surface area (Å²) < 4.78 is 16.6. The van der Waals surface area contributed by atoms with Gasteiger partial charge in [-0.15, -0.1) is 0 Å². The van der Waals surface area contributed by atoms with E-state index in [0.29, 0.717) is 25.2 Å². The molecule has 2 atom stereocenters. The summed E-state index contributed by atoms with van der Waals surface area (Å²) in [6.07, 6.45) is 2.72. The van der Waals surface area contributed by atoms with E-state index < -0.39 is 18.1 Å². The van der Waals surface area contributed by atoms with Gasteiger partial charge < -0.3 is 14.2 Å². The molecule has 0 aromatic heterocycles. The Bertz CT molecular complexity index is 879. The van der Waals surface area contributed by atoms with Crippen LogP contribution in [0.1, 0.15) is 22.3 Å². The third kappa shape index (κ3) is 6.99. The highest BCUT2D eigenvalue weighted by atomic mass is 16.6. The number of carbonyl (C=O) groups excluding carboxylic acids is 2. The minimum atomic E-state index is -0.806. The van der Waals surface area contributed by atoms with Gasteiger partial charge >= 0.3 is 6.09 Å². The van der Waals surface area contributed by atoms with E-state index >= 15 is 0 Å². The summed E-state index contributed by atoms with van der Waals surface area (Å²) in [6, 6.07) is 18.4. The fourth-order valence-corrected chi connectivity index (χ4v) is 2.93. The molecule has 0 saturated heterocycles. The van der Waals surface area contributed by atoms with Crippen LogP contribution in [0.2, 0.25) is 0 Å². The monoisotopic (exact) mass is 407 g/mol. The molecule has 1 heterocycles. The molecule has 0 unspecified atom stereocenters. The largest absolute Gasteiger partial charge is 0.439 e. The number of nitrogens with one attached hydrogen (secondary N) is 1. The highest BCUT2D eigenvalue weighted by Crippen LogP contribution is 2.16. The Hall–Kier alpha value is -3.22. The summed E-state index contributed by atoms with van der Waals surface area (Å²) in [5.74, 6) is -0.508. The number of amides is 2. The molecule has 6 nitrogen and oxygen atoms in total. The van der Waals surface area contributed by atoms with Gasteiger partial charge in [0.25, 0.3) is 5.91 Å². The van der Waals surface area contributed by atoms with Gasteiger partial charge in [-0.3, -0.25) is 10.1 Å². The SMILES string of the molecule is C=C(COCc1ccccc1)C[C@@H]1C=C[C@H](OC(=O)NC(=O)c2ccccc2)CO1. The van der Waals surface area contributed by atoms with Crippen molar-refractivity contribution >= 4 is 12.0 Å². The van der Waals surface area contributed by atoms with Crippen LogP contribution in [-0.4, -0.2) is 37.4 Å². The molecule has 0 spiro atoms. The van der Waals surface area contributed by atoms with E-state index in [1.807, 2.05) is 36.4 Å². The van der Waals surface area contributed by atoms with Crippen molar-refractivity contribution in [3.63, 3.8) is 0 Å². The number of ether oxygens (including phenoxy) is 3. The Morgan fingerprint density at radius 1 is 1.03 bits per heavy atom. The van der Waals surface area contributed by atoms with Gasteiger partial charge in [0, 0.05) is 12.0 Å². The molecular weight excluding hydrogens is 382 g/mol. The van der Waals surface area contributed by atoms with Crippen molar-refractivity contribution in [1.29, 1.82) is 0 Å². The first kappa shape index (κ1) is 21.5. The molecule has 0 aliphatic carbocycles. The molecule has 3 rings (SSSR count). The average molecular weight is 407 g/mol. The van der Waals surface area contributed by atoms with Gasteiger partial charge in [-0.25, -0.2) is 4.79 Å². The maximum absolute atomic E-state index is 12.0. The lowest BCUT2D eigenvalue weighted by molar-refractivity contribution is 0.00420.